The molecule has 4 atom stereocenters. The predicted molar refractivity (Wildman–Crippen MR) is 102 cm³/mol. The molecule has 0 radical (unpaired) electrons. The minimum Gasteiger partial charge on any atom is -0.325 e. The summed E-state index contributed by atoms with van der Waals surface area (Å²) in [4.78, 5) is 39.1. The number of hydrogen-bond acceptors (Lipinski definition) is 3. The summed E-state index contributed by atoms with van der Waals surface area (Å²) in [5, 5.41) is 4.94. The van der Waals surface area contributed by atoms with Crippen LogP contribution in [0.2, 0.25) is 0 Å². The maximum absolute atomic E-state index is 12.7. The molecule has 1 aliphatic heterocycles. The fourth-order valence-electron chi connectivity index (χ4n) is 4.94. The lowest BCUT2D eigenvalue weighted by Crippen LogP contribution is -2.35. The van der Waals surface area contributed by atoms with Crippen molar-refractivity contribution in [1.29, 1.82) is 0 Å². The number of nitrogens with zero attached hydrogens (tertiary/aromatic N) is 1. The topological polar surface area (TPSA) is 66.5 Å². The number of amides is 3. The lowest BCUT2D eigenvalue weighted by atomic mass is 9.85. The van der Waals surface area contributed by atoms with Crippen LogP contribution in [0.15, 0.2) is 54.6 Å². The second-order valence-corrected chi connectivity index (χ2v) is 7.65. The number of benzene rings is 2. The zero-order valence-corrected chi connectivity index (χ0v) is 14.8. The van der Waals surface area contributed by atoms with Crippen molar-refractivity contribution in [3.8, 4) is 0 Å². The number of rotatable bonds is 4. The molecule has 0 unspecified atom stereocenters. The average molecular weight is 360 g/mol. The molecule has 5 heteroatoms. The van der Waals surface area contributed by atoms with Crippen LogP contribution in [0.1, 0.15) is 12.8 Å². The first-order valence-electron chi connectivity index (χ1n) is 9.44. The Hall–Kier alpha value is -2.95. The Bertz CT molecular complexity index is 961. The molecule has 2 aromatic rings. The molecular formula is C22H20N2O3. The Balaban J connectivity index is 1.26. The Morgan fingerprint density at radius 3 is 2.37 bits per heavy atom. The van der Waals surface area contributed by atoms with Gasteiger partial charge in [-0.1, -0.05) is 48.6 Å². The summed E-state index contributed by atoms with van der Waals surface area (Å²) < 4.78 is 0. The number of carbonyl (C=O) groups excluding carboxylic acids is 3. The van der Waals surface area contributed by atoms with Crippen LogP contribution in [0.25, 0.3) is 10.8 Å². The van der Waals surface area contributed by atoms with Gasteiger partial charge in [0.15, 0.2) is 0 Å². The van der Waals surface area contributed by atoms with Crippen LogP contribution in [-0.2, 0) is 14.4 Å². The van der Waals surface area contributed by atoms with E-state index in [0.29, 0.717) is 0 Å². The van der Waals surface area contributed by atoms with Gasteiger partial charge in [-0.05, 0) is 29.7 Å². The first kappa shape index (κ1) is 16.2. The van der Waals surface area contributed by atoms with Crippen molar-refractivity contribution in [2.45, 2.75) is 12.8 Å². The van der Waals surface area contributed by atoms with Crippen LogP contribution in [0.4, 0.5) is 5.69 Å². The first-order chi connectivity index (χ1) is 13.1. The number of fused-ring (bicyclic) bond motifs is 6. The molecule has 1 N–H and O–H groups in total. The molecule has 5 rings (SSSR count). The van der Waals surface area contributed by atoms with Gasteiger partial charge in [0.2, 0.25) is 17.7 Å². The van der Waals surface area contributed by atoms with Crippen LogP contribution in [0.3, 0.4) is 0 Å². The van der Waals surface area contributed by atoms with Gasteiger partial charge >= 0.3 is 0 Å². The highest BCUT2D eigenvalue weighted by Gasteiger charge is 2.58. The van der Waals surface area contributed by atoms with Gasteiger partial charge in [-0.15, -0.1) is 0 Å². The van der Waals surface area contributed by atoms with E-state index in [1.165, 1.54) is 4.90 Å². The molecule has 5 nitrogen and oxygen atoms in total. The summed E-state index contributed by atoms with van der Waals surface area (Å²) >= 11 is 0. The van der Waals surface area contributed by atoms with Crippen LogP contribution >= 0.6 is 0 Å². The van der Waals surface area contributed by atoms with Crippen LogP contribution in [0.5, 0.6) is 0 Å². The average Bonchev–Trinajstić information content (AvgIpc) is 3.35. The normalized spacial score (nSPS) is 28.2. The van der Waals surface area contributed by atoms with Crippen molar-refractivity contribution in [1.82, 2.24) is 4.90 Å². The molecule has 0 aromatic heterocycles. The highest BCUT2D eigenvalue weighted by Crippen LogP contribution is 2.52. The number of likely N-dealkylation sites (tertiary alicyclic amines) is 1. The molecule has 0 spiro atoms. The zero-order chi connectivity index (χ0) is 18.5. The number of imide groups is 1. The van der Waals surface area contributed by atoms with Crippen LogP contribution in [-0.4, -0.2) is 29.2 Å². The van der Waals surface area contributed by atoms with E-state index in [9.17, 15) is 14.4 Å². The van der Waals surface area contributed by atoms with E-state index in [0.717, 1.165) is 22.9 Å². The third kappa shape index (κ3) is 2.49. The third-order valence-electron chi connectivity index (χ3n) is 6.19. The lowest BCUT2D eigenvalue weighted by Gasteiger charge is -2.17. The molecule has 136 valence electrons. The van der Waals surface area contributed by atoms with Gasteiger partial charge in [-0.2, -0.15) is 0 Å². The van der Waals surface area contributed by atoms with Crippen molar-refractivity contribution >= 4 is 34.2 Å². The maximum Gasteiger partial charge on any atom is 0.233 e. The molecule has 1 heterocycles. The van der Waals surface area contributed by atoms with Gasteiger partial charge < -0.3 is 5.32 Å². The largest absolute Gasteiger partial charge is 0.325 e. The molecule has 3 amide bonds. The SMILES string of the molecule is O=C(CCN1C(=O)[C@H]2[C@H](C1=O)[C@H]1C=C[C@H]2C1)Nc1cccc2ccccc12. The molecular weight excluding hydrogens is 340 g/mol. The second kappa shape index (κ2) is 6.05. The minimum absolute atomic E-state index is 0.0974. The summed E-state index contributed by atoms with van der Waals surface area (Å²) in [7, 11) is 0. The van der Waals surface area contributed by atoms with Gasteiger partial charge in [-0.3, -0.25) is 19.3 Å². The molecule has 27 heavy (non-hydrogen) atoms. The summed E-state index contributed by atoms with van der Waals surface area (Å²) in [6.45, 7) is 0.153. The van der Waals surface area contributed by atoms with Gasteiger partial charge in [0.1, 0.15) is 0 Å². The van der Waals surface area contributed by atoms with Crippen molar-refractivity contribution in [2.24, 2.45) is 23.7 Å². The fourth-order valence-corrected chi connectivity index (χ4v) is 4.94. The van der Waals surface area contributed by atoms with Crippen molar-refractivity contribution in [3.05, 3.63) is 54.6 Å². The van der Waals surface area contributed by atoms with E-state index in [4.69, 9.17) is 0 Å². The summed E-state index contributed by atoms with van der Waals surface area (Å²) in [5.41, 5.74) is 0.747. The van der Waals surface area contributed by atoms with Gasteiger partial charge in [0, 0.05) is 24.0 Å². The summed E-state index contributed by atoms with van der Waals surface area (Å²) in [5.74, 6) is -0.385. The molecule has 1 saturated carbocycles. The van der Waals surface area contributed by atoms with Crippen molar-refractivity contribution in [2.75, 3.05) is 11.9 Å². The third-order valence-corrected chi connectivity index (χ3v) is 6.19. The number of carbonyl (C=O) groups is 3. The predicted octanol–water partition coefficient (Wildman–Crippen LogP) is 2.98. The molecule has 2 aromatic carbocycles. The van der Waals surface area contributed by atoms with E-state index >= 15 is 0 Å². The van der Waals surface area contributed by atoms with Crippen molar-refractivity contribution in [3.63, 3.8) is 0 Å². The lowest BCUT2D eigenvalue weighted by molar-refractivity contribution is -0.140. The Labute approximate surface area is 157 Å². The van der Waals surface area contributed by atoms with Gasteiger partial charge in [-0.25, -0.2) is 0 Å². The van der Waals surface area contributed by atoms with E-state index in [-0.39, 0.29) is 54.4 Å². The molecule has 2 bridgehead atoms. The fraction of sp³-hybridized carbons (Fsp3) is 0.318. The van der Waals surface area contributed by atoms with E-state index in [2.05, 4.69) is 17.5 Å². The molecule has 1 saturated heterocycles. The highest BCUT2D eigenvalue weighted by atomic mass is 16.2. The van der Waals surface area contributed by atoms with Crippen LogP contribution in [0, 0.1) is 23.7 Å². The Morgan fingerprint density at radius 1 is 0.963 bits per heavy atom. The maximum atomic E-state index is 12.7. The van der Waals surface area contributed by atoms with E-state index < -0.39 is 0 Å². The number of nitrogens with one attached hydrogen (secondary N) is 1. The number of allylic oxidation sites excluding steroid dienone is 2. The van der Waals surface area contributed by atoms with E-state index in [1.54, 1.807) is 0 Å². The molecule has 3 aliphatic rings. The first-order valence-corrected chi connectivity index (χ1v) is 9.44. The van der Waals surface area contributed by atoms with Gasteiger partial charge in [0.25, 0.3) is 0 Å². The second-order valence-electron chi connectivity index (χ2n) is 7.65. The molecule has 2 aliphatic carbocycles. The monoisotopic (exact) mass is 360 g/mol. The minimum atomic E-state index is -0.200. The zero-order valence-electron chi connectivity index (χ0n) is 14.8. The smallest absolute Gasteiger partial charge is 0.233 e. The van der Waals surface area contributed by atoms with Crippen molar-refractivity contribution < 1.29 is 14.4 Å². The number of hydrogen-bond donors (Lipinski definition) is 1. The number of anilines is 1. The quantitative estimate of drug-likeness (QED) is 0.673. The molecule has 2 fully saturated rings. The summed E-state index contributed by atoms with van der Waals surface area (Å²) in [6, 6.07) is 13.6. The highest BCUT2D eigenvalue weighted by molar-refractivity contribution is 6.07. The van der Waals surface area contributed by atoms with Gasteiger partial charge in [0.05, 0.1) is 11.8 Å². The summed E-state index contributed by atoms with van der Waals surface area (Å²) in [6.07, 6.45) is 5.19. The standard InChI is InChI=1S/C22H20N2O3/c25-18(23-17-7-3-5-13-4-1-2-6-16(13)17)10-11-24-21(26)19-14-8-9-15(12-14)20(19)22(24)27/h1-9,14-15,19-20H,10-12H2,(H,23,25)/t14-,15-,19+,20+/m0/s1. The Kier molecular flexibility index (Phi) is 3.64. The van der Waals surface area contributed by atoms with Crippen LogP contribution < -0.4 is 5.32 Å². The Morgan fingerprint density at radius 2 is 1.63 bits per heavy atom. The van der Waals surface area contributed by atoms with E-state index in [1.807, 2.05) is 42.5 Å².